The van der Waals surface area contributed by atoms with Crippen LogP contribution in [0, 0.1) is 0 Å². The number of esters is 1. The van der Waals surface area contributed by atoms with Crippen LogP contribution in [0.2, 0.25) is 5.02 Å². The van der Waals surface area contributed by atoms with Crippen molar-refractivity contribution in [1.29, 1.82) is 0 Å². The number of nitrogens with one attached hydrogen (secondary N) is 2. The van der Waals surface area contributed by atoms with Crippen LogP contribution in [0.5, 0.6) is 0 Å². The van der Waals surface area contributed by atoms with Crippen molar-refractivity contribution in [2.75, 3.05) is 12.3 Å². The zero-order valence-electron chi connectivity index (χ0n) is 12.4. The molecule has 0 unspecified atom stereocenters. The lowest BCUT2D eigenvalue weighted by molar-refractivity contribution is -0.123. The van der Waals surface area contributed by atoms with Crippen molar-refractivity contribution in [3.63, 3.8) is 0 Å². The number of nitrogen functional groups attached to an aromatic ring is 1. The average molecular weight is 340 g/mol. The number of rotatable bonds is 4. The van der Waals surface area contributed by atoms with Crippen molar-refractivity contribution in [1.82, 2.24) is 10.6 Å². The van der Waals surface area contributed by atoms with Crippen LogP contribution < -0.4 is 16.4 Å². The number of hydrogen-bond acceptors (Lipinski definition) is 5. The molecule has 0 aromatic heterocycles. The summed E-state index contributed by atoms with van der Waals surface area (Å²) in [5.74, 6) is -1.42. The van der Waals surface area contributed by atoms with Crippen LogP contribution >= 0.6 is 11.6 Å². The van der Waals surface area contributed by atoms with Crippen LogP contribution in [-0.2, 0) is 9.53 Å². The van der Waals surface area contributed by atoms with Crippen LogP contribution in [0.15, 0.2) is 18.2 Å². The minimum absolute atomic E-state index is 0.0994. The minimum Gasteiger partial charge on any atom is -0.452 e. The smallest absolute Gasteiger partial charge is 0.338 e. The third-order valence-corrected chi connectivity index (χ3v) is 3.85. The number of anilines is 1. The Morgan fingerprint density at radius 1 is 1.26 bits per heavy atom. The van der Waals surface area contributed by atoms with Gasteiger partial charge in [0.15, 0.2) is 6.61 Å². The fraction of sp³-hybridized carbons (Fsp3) is 0.400. The van der Waals surface area contributed by atoms with E-state index < -0.39 is 24.5 Å². The number of halogens is 1. The van der Waals surface area contributed by atoms with Crippen LogP contribution in [0.4, 0.5) is 10.5 Å². The van der Waals surface area contributed by atoms with Gasteiger partial charge in [-0.2, -0.15) is 0 Å². The Bertz CT molecular complexity index is 615. The van der Waals surface area contributed by atoms with Crippen molar-refractivity contribution in [2.45, 2.75) is 31.7 Å². The Morgan fingerprint density at radius 3 is 2.61 bits per heavy atom. The van der Waals surface area contributed by atoms with Gasteiger partial charge in [-0.05, 0) is 31.0 Å². The van der Waals surface area contributed by atoms with Crippen LogP contribution in [0.25, 0.3) is 0 Å². The van der Waals surface area contributed by atoms with Crippen molar-refractivity contribution in [3.05, 3.63) is 28.8 Å². The molecule has 1 aromatic carbocycles. The Labute approximate surface area is 138 Å². The van der Waals surface area contributed by atoms with E-state index in [4.69, 9.17) is 22.1 Å². The number of amides is 3. The largest absolute Gasteiger partial charge is 0.452 e. The minimum atomic E-state index is -0.722. The first kappa shape index (κ1) is 17.1. The molecule has 4 N–H and O–H groups in total. The highest BCUT2D eigenvalue weighted by molar-refractivity contribution is 6.33. The van der Waals surface area contributed by atoms with Gasteiger partial charge in [0.2, 0.25) is 0 Å². The van der Waals surface area contributed by atoms with Crippen LogP contribution in [0.3, 0.4) is 0 Å². The summed E-state index contributed by atoms with van der Waals surface area (Å²) in [6, 6.07) is 3.78. The molecule has 2 rings (SSSR count). The zero-order valence-corrected chi connectivity index (χ0v) is 13.2. The molecule has 7 nitrogen and oxygen atoms in total. The quantitative estimate of drug-likeness (QED) is 0.572. The van der Waals surface area contributed by atoms with Crippen molar-refractivity contribution in [2.24, 2.45) is 0 Å². The second-order valence-corrected chi connectivity index (χ2v) is 5.72. The normalized spacial score (nSPS) is 14.3. The number of imide groups is 1. The molecule has 0 saturated heterocycles. The van der Waals surface area contributed by atoms with Crippen molar-refractivity contribution < 1.29 is 19.1 Å². The first-order valence-electron chi connectivity index (χ1n) is 7.28. The molecule has 0 spiro atoms. The van der Waals surface area contributed by atoms with E-state index in [2.05, 4.69) is 10.6 Å². The number of benzene rings is 1. The molecule has 124 valence electrons. The molecule has 0 heterocycles. The third-order valence-electron chi connectivity index (χ3n) is 3.51. The summed E-state index contributed by atoms with van der Waals surface area (Å²) in [5.41, 5.74) is 6.00. The molecule has 0 radical (unpaired) electrons. The fourth-order valence-electron chi connectivity index (χ4n) is 2.34. The van der Waals surface area contributed by atoms with Crippen molar-refractivity contribution in [3.8, 4) is 0 Å². The Hall–Kier alpha value is -2.28. The first-order valence-corrected chi connectivity index (χ1v) is 7.66. The molecule has 1 fully saturated rings. The summed E-state index contributed by atoms with van der Waals surface area (Å²) in [5, 5.41) is 5.14. The molecule has 1 aromatic rings. The van der Waals surface area contributed by atoms with Gasteiger partial charge in [0, 0.05) is 6.04 Å². The zero-order chi connectivity index (χ0) is 16.8. The fourth-order valence-corrected chi connectivity index (χ4v) is 2.46. The highest BCUT2D eigenvalue weighted by Gasteiger charge is 2.19. The van der Waals surface area contributed by atoms with Crippen molar-refractivity contribution >= 4 is 35.2 Å². The molecule has 3 amide bonds. The van der Waals surface area contributed by atoms with Gasteiger partial charge in [-0.15, -0.1) is 0 Å². The van der Waals surface area contributed by atoms with Gasteiger partial charge in [0.05, 0.1) is 16.3 Å². The molecule has 8 heteroatoms. The van der Waals surface area contributed by atoms with Crippen LogP contribution in [-0.4, -0.2) is 30.6 Å². The number of hydrogen-bond donors (Lipinski definition) is 3. The van der Waals surface area contributed by atoms with Gasteiger partial charge in [-0.25, -0.2) is 9.59 Å². The summed E-state index contributed by atoms with van der Waals surface area (Å²) in [6.07, 6.45) is 3.96. The molecule has 23 heavy (non-hydrogen) atoms. The van der Waals surface area contributed by atoms with E-state index in [1.54, 1.807) is 0 Å². The topological polar surface area (TPSA) is 111 Å². The molecule has 1 saturated carbocycles. The summed E-state index contributed by atoms with van der Waals surface area (Å²) < 4.78 is 4.83. The highest BCUT2D eigenvalue weighted by atomic mass is 35.5. The maximum atomic E-state index is 11.8. The van der Waals surface area contributed by atoms with Gasteiger partial charge < -0.3 is 15.8 Å². The number of ether oxygens (including phenoxy) is 1. The van der Waals surface area contributed by atoms with Crippen LogP contribution in [0.1, 0.15) is 36.0 Å². The number of carbonyl (C=O) groups excluding carboxylic acids is 3. The maximum absolute atomic E-state index is 11.8. The summed E-state index contributed by atoms with van der Waals surface area (Å²) >= 11 is 5.75. The second-order valence-electron chi connectivity index (χ2n) is 5.32. The third kappa shape index (κ3) is 5.14. The van der Waals surface area contributed by atoms with Gasteiger partial charge in [0.1, 0.15) is 0 Å². The number of urea groups is 1. The van der Waals surface area contributed by atoms with Gasteiger partial charge in [0.25, 0.3) is 5.91 Å². The molecular formula is C15H18ClN3O4. The van der Waals surface area contributed by atoms with E-state index >= 15 is 0 Å². The predicted molar refractivity (Wildman–Crippen MR) is 85.1 cm³/mol. The summed E-state index contributed by atoms with van der Waals surface area (Å²) in [7, 11) is 0. The Balaban J connectivity index is 1.75. The molecule has 0 atom stereocenters. The molecule has 1 aliphatic rings. The number of nitrogens with two attached hydrogens (primary N) is 1. The van der Waals surface area contributed by atoms with Gasteiger partial charge >= 0.3 is 12.0 Å². The van der Waals surface area contributed by atoms with Gasteiger partial charge in [-0.3, -0.25) is 10.1 Å². The molecule has 0 bridgehead atoms. The van der Waals surface area contributed by atoms with E-state index in [0.717, 1.165) is 25.7 Å². The van der Waals surface area contributed by atoms with E-state index in [0.29, 0.717) is 5.02 Å². The van der Waals surface area contributed by atoms with E-state index in [-0.39, 0.29) is 17.3 Å². The molecular weight excluding hydrogens is 322 g/mol. The van der Waals surface area contributed by atoms with E-state index in [1.165, 1.54) is 18.2 Å². The maximum Gasteiger partial charge on any atom is 0.338 e. The average Bonchev–Trinajstić information content (AvgIpc) is 3.00. The Morgan fingerprint density at radius 2 is 1.96 bits per heavy atom. The summed E-state index contributed by atoms with van der Waals surface area (Å²) in [6.45, 7) is -0.556. The molecule has 1 aliphatic carbocycles. The van der Waals surface area contributed by atoms with E-state index in [9.17, 15) is 14.4 Å². The lowest BCUT2D eigenvalue weighted by Gasteiger charge is -2.12. The highest BCUT2D eigenvalue weighted by Crippen LogP contribution is 2.20. The lowest BCUT2D eigenvalue weighted by atomic mass is 10.2. The lowest BCUT2D eigenvalue weighted by Crippen LogP contribution is -2.44. The monoisotopic (exact) mass is 339 g/mol. The first-order chi connectivity index (χ1) is 11.0. The Kier molecular flexibility index (Phi) is 5.81. The molecule has 0 aliphatic heterocycles. The number of carbonyl (C=O) groups is 3. The SMILES string of the molecule is Nc1cc(C(=O)OCC(=O)NC(=O)NC2CCCC2)ccc1Cl. The summed E-state index contributed by atoms with van der Waals surface area (Å²) in [4.78, 5) is 35.0. The standard InChI is InChI=1S/C15H18ClN3O4/c16-11-6-5-9(7-12(11)17)14(21)23-8-13(20)19-15(22)18-10-3-1-2-4-10/h5-7,10H,1-4,8,17H2,(H2,18,19,20,22). The second kappa shape index (κ2) is 7.82. The van der Waals surface area contributed by atoms with Gasteiger partial charge in [-0.1, -0.05) is 24.4 Å². The van der Waals surface area contributed by atoms with E-state index in [1.807, 2.05) is 0 Å². The predicted octanol–water partition coefficient (Wildman–Crippen LogP) is 1.85.